The minimum atomic E-state index is -0.610. The van der Waals surface area contributed by atoms with Crippen LogP contribution in [0.25, 0.3) is 0 Å². The fourth-order valence-corrected chi connectivity index (χ4v) is 3.07. The van der Waals surface area contributed by atoms with Gasteiger partial charge in [0.2, 0.25) is 0 Å². The van der Waals surface area contributed by atoms with Gasteiger partial charge in [0, 0.05) is 19.1 Å². The Morgan fingerprint density at radius 2 is 1.87 bits per heavy atom. The van der Waals surface area contributed by atoms with Crippen molar-refractivity contribution in [2.45, 2.75) is 45.1 Å². The van der Waals surface area contributed by atoms with Gasteiger partial charge in [-0.25, -0.2) is 0 Å². The van der Waals surface area contributed by atoms with Crippen molar-refractivity contribution >= 4 is 5.97 Å². The summed E-state index contributed by atoms with van der Waals surface area (Å²) in [4.78, 5) is 13.4. The predicted octanol–water partition coefficient (Wildman–Crippen LogP) is 1.97. The predicted molar refractivity (Wildman–Crippen MR) is 58.7 cm³/mol. The van der Waals surface area contributed by atoms with Crippen LogP contribution < -0.4 is 0 Å². The highest BCUT2D eigenvalue weighted by Gasteiger charge is 2.37. The summed E-state index contributed by atoms with van der Waals surface area (Å²) in [5, 5.41) is 9.07. The number of carbonyl (C=O) groups is 1. The van der Waals surface area contributed by atoms with E-state index < -0.39 is 5.97 Å². The molecule has 2 aliphatic rings. The van der Waals surface area contributed by atoms with Crippen molar-refractivity contribution in [3.8, 4) is 0 Å². The number of hydrogen-bond acceptors (Lipinski definition) is 2. The number of likely N-dealkylation sites (tertiary alicyclic amines) is 1. The lowest BCUT2D eigenvalue weighted by Gasteiger charge is -2.30. The first-order valence-electron chi connectivity index (χ1n) is 6.15. The molecule has 1 saturated carbocycles. The van der Waals surface area contributed by atoms with Gasteiger partial charge in [-0.3, -0.25) is 9.69 Å². The standard InChI is InChI=1S/C12H21NO2/c1-9-7-13(8-11(9)12(14)15)10-5-3-2-4-6-10/h9-11H,2-8H2,1H3,(H,14,15). The molecule has 2 rings (SSSR count). The van der Waals surface area contributed by atoms with Crippen LogP contribution >= 0.6 is 0 Å². The molecule has 1 aliphatic heterocycles. The Balaban J connectivity index is 1.92. The Bertz CT molecular complexity index is 236. The molecule has 3 heteroatoms. The normalized spacial score (nSPS) is 34.5. The van der Waals surface area contributed by atoms with Crippen LogP contribution in [0.2, 0.25) is 0 Å². The number of carboxylic acid groups (broad SMARTS) is 1. The van der Waals surface area contributed by atoms with Crippen LogP contribution in [-0.4, -0.2) is 35.1 Å². The van der Waals surface area contributed by atoms with Crippen LogP contribution in [0, 0.1) is 11.8 Å². The van der Waals surface area contributed by atoms with Gasteiger partial charge < -0.3 is 5.11 Å². The molecule has 0 aromatic carbocycles. The van der Waals surface area contributed by atoms with Crippen LogP contribution in [0.4, 0.5) is 0 Å². The van der Waals surface area contributed by atoms with E-state index in [0.29, 0.717) is 12.0 Å². The highest BCUT2D eigenvalue weighted by Crippen LogP contribution is 2.30. The summed E-state index contributed by atoms with van der Waals surface area (Å²) >= 11 is 0. The van der Waals surface area contributed by atoms with Gasteiger partial charge in [-0.2, -0.15) is 0 Å². The first-order valence-corrected chi connectivity index (χ1v) is 6.15. The largest absolute Gasteiger partial charge is 0.481 e. The number of aliphatic carboxylic acids is 1. The highest BCUT2D eigenvalue weighted by molar-refractivity contribution is 5.71. The number of nitrogens with zero attached hydrogens (tertiary/aromatic N) is 1. The lowest BCUT2D eigenvalue weighted by molar-refractivity contribution is -0.142. The fourth-order valence-electron chi connectivity index (χ4n) is 3.07. The Hall–Kier alpha value is -0.570. The maximum Gasteiger partial charge on any atom is 0.308 e. The van der Waals surface area contributed by atoms with Gasteiger partial charge in [0.15, 0.2) is 0 Å². The molecule has 1 aliphatic carbocycles. The Kier molecular flexibility index (Phi) is 3.29. The van der Waals surface area contributed by atoms with Gasteiger partial charge in [-0.15, -0.1) is 0 Å². The maximum absolute atomic E-state index is 11.0. The van der Waals surface area contributed by atoms with Crippen LogP contribution in [0.15, 0.2) is 0 Å². The van der Waals surface area contributed by atoms with E-state index in [1.54, 1.807) is 0 Å². The minimum absolute atomic E-state index is 0.132. The van der Waals surface area contributed by atoms with E-state index in [1.165, 1.54) is 32.1 Å². The molecule has 15 heavy (non-hydrogen) atoms. The van der Waals surface area contributed by atoms with Gasteiger partial charge in [0.25, 0.3) is 0 Å². The Morgan fingerprint density at radius 1 is 1.20 bits per heavy atom. The van der Waals surface area contributed by atoms with Crippen LogP contribution in [0.3, 0.4) is 0 Å². The molecule has 86 valence electrons. The van der Waals surface area contributed by atoms with Crippen molar-refractivity contribution in [2.75, 3.05) is 13.1 Å². The molecule has 0 radical (unpaired) electrons. The molecule has 0 amide bonds. The van der Waals surface area contributed by atoms with Crippen molar-refractivity contribution < 1.29 is 9.90 Å². The maximum atomic E-state index is 11.0. The van der Waals surface area contributed by atoms with Crippen LogP contribution in [0.5, 0.6) is 0 Å². The molecule has 0 aromatic rings. The zero-order chi connectivity index (χ0) is 10.8. The summed E-state index contributed by atoms with van der Waals surface area (Å²) in [5.74, 6) is -0.419. The minimum Gasteiger partial charge on any atom is -0.481 e. The summed E-state index contributed by atoms with van der Waals surface area (Å²) in [6.07, 6.45) is 6.57. The molecule has 1 N–H and O–H groups in total. The molecule has 1 saturated heterocycles. The van der Waals surface area contributed by atoms with Gasteiger partial charge >= 0.3 is 5.97 Å². The smallest absolute Gasteiger partial charge is 0.308 e. The third-order valence-electron chi connectivity index (χ3n) is 4.05. The molecule has 0 bridgehead atoms. The molecule has 1 heterocycles. The van der Waals surface area contributed by atoms with Crippen molar-refractivity contribution in [3.63, 3.8) is 0 Å². The van der Waals surface area contributed by atoms with Gasteiger partial charge in [0.05, 0.1) is 5.92 Å². The molecule has 0 aromatic heterocycles. The summed E-state index contributed by atoms with van der Waals surface area (Å²) < 4.78 is 0. The number of rotatable bonds is 2. The lowest BCUT2D eigenvalue weighted by Crippen LogP contribution is -2.35. The zero-order valence-corrected chi connectivity index (χ0v) is 9.48. The molecule has 3 nitrogen and oxygen atoms in total. The van der Waals surface area contributed by atoms with E-state index >= 15 is 0 Å². The van der Waals surface area contributed by atoms with Crippen LogP contribution in [0.1, 0.15) is 39.0 Å². The number of hydrogen-bond donors (Lipinski definition) is 1. The first kappa shape index (κ1) is 10.9. The first-order chi connectivity index (χ1) is 7.18. The van der Waals surface area contributed by atoms with Gasteiger partial charge in [-0.1, -0.05) is 26.2 Å². The summed E-state index contributed by atoms with van der Waals surface area (Å²) in [6, 6.07) is 0.672. The molecule has 2 fully saturated rings. The third-order valence-corrected chi connectivity index (χ3v) is 4.05. The summed E-state index contributed by atoms with van der Waals surface area (Å²) in [6.45, 7) is 3.84. The third kappa shape index (κ3) is 2.33. The van der Waals surface area contributed by atoms with Crippen LogP contribution in [-0.2, 0) is 4.79 Å². The van der Waals surface area contributed by atoms with E-state index in [4.69, 9.17) is 5.11 Å². The van der Waals surface area contributed by atoms with Gasteiger partial charge in [0.1, 0.15) is 0 Å². The van der Waals surface area contributed by atoms with E-state index in [0.717, 1.165) is 13.1 Å². The van der Waals surface area contributed by atoms with Crippen molar-refractivity contribution in [1.82, 2.24) is 4.90 Å². The van der Waals surface area contributed by atoms with E-state index in [2.05, 4.69) is 11.8 Å². The number of carboxylic acids is 1. The van der Waals surface area contributed by atoms with Crippen molar-refractivity contribution in [2.24, 2.45) is 11.8 Å². The highest BCUT2D eigenvalue weighted by atomic mass is 16.4. The van der Waals surface area contributed by atoms with E-state index in [-0.39, 0.29) is 5.92 Å². The average molecular weight is 211 g/mol. The monoisotopic (exact) mass is 211 g/mol. The quantitative estimate of drug-likeness (QED) is 0.759. The summed E-state index contributed by atoms with van der Waals surface area (Å²) in [7, 11) is 0. The second-order valence-electron chi connectivity index (χ2n) is 5.17. The van der Waals surface area contributed by atoms with Crippen molar-refractivity contribution in [1.29, 1.82) is 0 Å². The second-order valence-corrected chi connectivity index (χ2v) is 5.17. The molecular formula is C12H21NO2. The topological polar surface area (TPSA) is 40.5 Å². The van der Waals surface area contributed by atoms with Gasteiger partial charge in [-0.05, 0) is 18.8 Å². The fraction of sp³-hybridized carbons (Fsp3) is 0.917. The molecular weight excluding hydrogens is 190 g/mol. The molecule has 2 atom stereocenters. The zero-order valence-electron chi connectivity index (χ0n) is 9.48. The molecule has 0 spiro atoms. The lowest BCUT2D eigenvalue weighted by atomic mass is 9.94. The average Bonchev–Trinajstić information content (AvgIpc) is 2.62. The van der Waals surface area contributed by atoms with Crippen molar-refractivity contribution in [3.05, 3.63) is 0 Å². The SMILES string of the molecule is CC1CN(C2CCCCC2)CC1C(=O)O. The van der Waals surface area contributed by atoms with E-state index in [1.807, 2.05) is 0 Å². The summed E-state index contributed by atoms with van der Waals surface area (Å²) in [5.41, 5.74) is 0. The molecule has 2 unspecified atom stereocenters. The Morgan fingerprint density at radius 3 is 2.40 bits per heavy atom. The van der Waals surface area contributed by atoms with E-state index in [9.17, 15) is 4.79 Å². The Labute approximate surface area is 91.5 Å². The second kappa shape index (κ2) is 4.52.